The minimum absolute atomic E-state index is 0.144. The molecule has 2 amide bonds. The van der Waals surface area contributed by atoms with Crippen molar-refractivity contribution in [3.05, 3.63) is 130 Å². The standard InChI is InChI=1S/C40H40ClN3O5/c1-25-18-23-33-32(24-25)35(45)39(37(49-33)42-26(2)27-12-6-3-7-13-27)34(36(46)43-30-16-10-5-11-17-30)44(31-21-19-29(41)20-22-31)38(47)40(39,48)28-14-8-4-9-15-28/h3-4,6-9,12-15,18-24,26,30,34,37,42,48H,5,10-11,16-17H2,1-2H3,(H,43,46)/t26-,34?,37?,39?,40?/m1/s1. The lowest BCUT2D eigenvalue weighted by molar-refractivity contribution is -0.157. The Morgan fingerprint density at radius 3 is 2.24 bits per heavy atom. The van der Waals surface area contributed by atoms with E-state index < -0.39 is 46.9 Å². The number of benzene rings is 4. The van der Waals surface area contributed by atoms with Crippen molar-refractivity contribution in [2.24, 2.45) is 5.41 Å². The van der Waals surface area contributed by atoms with Gasteiger partial charge in [-0.2, -0.15) is 0 Å². The van der Waals surface area contributed by atoms with Crippen molar-refractivity contribution in [3.8, 4) is 5.75 Å². The Kier molecular flexibility index (Phi) is 8.82. The molecule has 8 nitrogen and oxygen atoms in total. The number of rotatable bonds is 7. The number of ketones is 1. The summed E-state index contributed by atoms with van der Waals surface area (Å²) in [6, 6.07) is 27.8. The predicted molar refractivity (Wildman–Crippen MR) is 188 cm³/mol. The molecule has 4 unspecified atom stereocenters. The van der Waals surface area contributed by atoms with Crippen molar-refractivity contribution < 1.29 is 24.2 Å². The Labute approximate surface area is 291 Å². The van der Waals surface area contributed by atoms with Gasteiger partial charge in [0.15, 0.2) is 23.0 Å². The smallest absolute Gasteiger partial charge is 0.265 e. The molecule has 252 valence electrons. The molecule has 0 radical (unpaired) electrons. The van der Waals surface area contributed by atoms with Gasteiger partial charge in [-0.1, -0.05) is 103 Å². The van der Waals surface area contributed by atoms with Crippen LogP contribution in [0.4, 0.5) is 5.69 Å². The molecule has 4 aromatic rings. The van der Waals surface area contributed by atoms with Crippen LogP contribution in [-0.4, -0.2) is 41.0 Å². The van der Waals surface area contributed by atoms with Crippen LogP contribution in [0.3, 0.4) is 0 Å². The van der Waals surface area contributed by atoms with Crippen LogP contribution in [-0.2, 0) is 15.2 Å². The first kappa shape index (κ1) is 33.0. The van der Waals surface area contributed by atoms with E-state index in [1.807, 2.05) is 50.2 Å². The zero-order chi connectivity index (χ0) is 34.3. The Balaban J connectivity index is 1.52. The second-order valence-electron chi connectivity index (χ2n) is 13.5. The fourth-order valence-electron chi connectivity index (χ4n) is 7.97. The van der Waals surface area contributed by atoms with E-state index >= 15 is 14.4 Å². The van der Waals surface area contributed by atoms with E-state index in [0.29, 0.717) is 16.5 Å². The number of hydrogen-bond acceptors (Lipinski definition) is 6. The van der Waals surface area contributed by atoms with Gasteiger partial charge in [-0.15, -0.1) is 0 Å². The minimum Gasteiger partial charge on any atom is -0.473 e. The highest BCUT2D eigenvalue weighted by Gasteiger charge is 2.80. The molecule has 3 N–H and O–H groups in total. The number of nitrogens with zero attached hydrogens (tertiary/aromatic N) is 1. The third kappa shape index (κ3) is 5.43. The highest BCUT2D eigenvalue weighted by atomic mass is 35.5. The Hall–Kier alpha value is -4.50. The minimum atomic E-state index is -2.55. The van der Waals surface area contributed by atoms with E-state index in [-0.39, 0.29) is 17.2 Å². The first-order chi connectivity index (χ1) is 23.7. The zero-order valence-electron chi connectivity index (χ0n) is 27.6. The van der Waals surface area contributed by atoms with Gasteiger partial charge in [0.2, 0.25) is 5.91 Å². The number of ether oxygens (including phenoxy) is 1. The van der Waals surface area contributed by atoms with Crippen LogP contribution < -0.4 is 20.3 Å². The molecule has 7 rings (SSSR count). The molecule has 2 fully saturated rings. The summed E-state index contributed by atoms with van der Waals surface area (Å²) in [5, 5.41) is 20.5. The molecule has 1 saturated heterocycles. The van der Waals surface area contributed by atoms with Gasteiger partial charge in [0.05, 0.1) is 5.56 Å². The van der Waals surface area contributed by atoms with Crippen molar-refractivity contribution in [2.75, 3.05) is 4.90 Å². The summed E-state index contributed by atoms with van der Waals surface area (Å²) in [6.45, 7) is 3.78. The Bertz CT molecular complexity index is 1860. The van der Waals surface area contributed by atoms with Crippen LogP contribution in [0.5, 0.6) is 5.75 Å². The molecular formula is C40H40ClN3O5. The summed E-state index contributed by atoms with van der Waals surface area (Å²) in [6.07, 6.45) is 3.22. The number of nitrogens with one attached hydrogen (secondary N) is 2. The second kappa shape index (κ2) is 13.1. The van der Waals surface area contributed by atoms with Gasteiger partial charge in [0, 0.05) is 22.8 Å². The average molecular weight is 678 g/mol. The van der Waals surface area contributed by atoms with Gasteiger partial charge in [-0.25, -0.2) is 0 Å². The average Bonchev–Trinajstić information content (AvgIpc) is 3.33. The van der Waals surface area contributed by atoms with E-state index in [0.717, 1.165) is 43.2 Å². The van der Waals surface area contributed by atoms with Crippen LogP contribution in [0, 0.1) is 12.3 Å². The number of aliphatic hydroxyl groups is 1. The Morgan fingerprint density at radius 1 is 0.918 bits per heavy atom. The quantitative estimate of drug-likeness (QED) is 0.203. The number of Topliss-reactive ketones (excluding diaryl/α,β-unsaturated/α-hetero) is 1. The molecule has 3 aliphatic rings. The molecule has 49 heavy (non-hydrogen) atoms. The zero-order valence-corrected chi connectivity index (χ0v) is 28.3. The van der Waals surface area contributed by atoms with Gasteiger partial charge in [0.25, 0.3) is 5.91 Å². The van der Waals surface area contributed by atoms with Crippen molar-refractivity contribution in [2.45, 2.75) is 75.9 Å². The highest BCUT2D eigenvalue weighted by molar-refractivity contribution is 6.30. The monoisotopic (exact) mass is 677 g/mol. The number of halogens is 1. The fraction of sp³-hybridized carbons (Fsp3) is 0.325. The molecule has 2 aliphatic heterocycles. The molecule has 1 aliphatic carbocycles. The van der Waals surface area contributed by atoms with E-state index in [9.17, 15) is 5.11 Å². The summed E-state index contributed by atoms with van der Waals surface area (Å²) in [5.41, 5.74) is -2.36. The fourth-order valence-corrected chi connectivity index (χ4v) is 8.09. The van der Waals surface area contributed by atoms with Crippen LogP contribution in [0.1, 0.15) is 72.1 Å². The van der Waals surface area contributed by atoms with Gasteiger partial charge >= 0.3 is 0 Å². The van der Waals surface area contributed by atoms with Crippen molar-refractivity contribution >= 4 is 34.9 Å². The summed E-state index contributed by atoms with van der Waals surface area (Å²) in [7, 11) is 0. The van der Waals surface area contributed by atoms with Crippen LogP contribution in [0.2, 0.25) is 5.02 Å². The number of hydrogen-bond donors (Lipinski definition) is 3. The van der Waals surface area contributed by atoms with E-state index in [1.165, 1.54) is 4.90 Å². The van der Waals surface area contributed by atoms with Crippen molar-refractivity contribution in [3.63, 3.8) is 0 Å². The highest BCUT2D eigenvalue weighted by Crippen LogP contribution is 2.59. The van der Waals surface area contributed by atoms with Gasteiger partial charge < -0.3 is 15.2 Å². The van der Waals surface area contributed by atoms with E-state index in [1.54, 1.807) is 66.7 Å². The normalized spacial score (nSPS) is 25.9. The second-order valence-corrected chi connectivity index (χ2v) is 13.9. The summed E-state index contributed by atoms with van der Waals surface area (Å²) in [5.74, 6) is -1.60. The molecule has 4 aromatic carbocycles. The van der Waals surface area contributed by atoms with E-state index in [2.05, 4.69) is 10.6 Å². The summed E-state index contributed by atoms with van der Waals surface area (Å²) in [4.78, 5) is 47.2. The topological polar surface area (TPSA) is 108 Å². The lowest BCUT2D eigenvalue weighted by Crippen LogP contribution is -2.71. The molecular weight excluding hydrogens is 638 g/mol. The number of aryl methyl sites for hydroxylation is 1. The third-order valence-electron chi connectivity index (χ3n) is 10.4. The first-order valence-electron chi connectivity index (χ1n) is 17.0. The first-order valence-corrected chi connectivity index (χ1v) is 17.3. The molecule has 5 atom stereocenters. The lowest BCUT2D eigenvalue weighted by Gasteiger charge is -2.49. The molecule has 1 spiro atoms. The molecule has 2 heterocycles. The lowest BCUT2D eigenvalue weighted by atomic mass is 9.60. The molecule has 1 saturated carbocycles. The largest absolute Gasteiger partial charge is 0.473 e. The summed E-state index contributed by atoms with van der Waals surface area (Å²) < 4.78 is 6.75. The molecule has 9 heteroatoms. The number of carbonyl (C=O) groups is 3. The maximum atomic E-state index is 15.6. The number of carbonyl (C=O) groups excluding carboxylic acids is 3. The van der Waals surface area contributed by atoms with Crippen LogP contribution in [0.15, 0.2) is 103 Å². The van der Waals surface area contributed by atoms with Crippen LogP contribution in [0.25, 0.3) is 0 Å². The van der Waals surface area contributed by atoms with E-state index in [4.69, 9.17) is 16.3 Å². The number of fused-ring (bicyclic) bond motifs is 1. The molecule has 0 aromatic heterocycles. The SMILES string of the molecule is Cc1ccc2c(c1)C(=O)C1(C(N[C@H](C)c3ccccc3)O2)C(C(=O)NC2CCCCC2)N(c2ccc(Cl)cc2)C(=O)C1(O)c1ccccc1. The number of amides is 2. The maximum absolute atomic E-state index is 15.6. The Morgan fingerprint density at radius 2 is 1.57 bits per heavy atom. The molecule has 0 bridgehead atoms. The van der Waals surface area contributed by atoms with Gasteiger partial charge in [0.1, 0.15) is 11.8 Å². The van der Waals surface area contributed by atoms with Crippen LogP contribution >= 0.6 is 11.6 Å². The summed E-state index contributed by atoms with van der Waals surface area (Å²) >= 11 is 6.29. The predicted octanol–water partition coefficient (Wildman–Crippen LogP) is 6.64. The van der Waals surface area contributed by atoms with Gasteiger partial charge in [-0.3, -0.25) is 24.6 Å². The van der Waals surface area contributed by atoms with Gasteiger partial charge in [-0.05, 0) is 74.2 Å². The van der Waals surface area contributed by atoms with Crippen molar-refractivity contribution in [1.29, 1.82) is 0 Å². The number of anilines is 1. The maximum Gasteiger partial charge on any atom is 0.265 e. The third-order valence-corrected chi connectivity index (χ3v) is 10.7. The van der Waals surface area contributed by atoms with Crippen molar-refractivity contribution in [1.82, 2.24) is 10.6 Å².